The number of anilines is 1. The van der Waals surface area contributed by atoms with E-state index in [1.54, 1.807) is 12.1 Å². The van der Waals surface area contributed by atoms with Crippen molar-refractivity contribution < 1.29 is 24.4 Å². The van der Waals surface area contributed by atoms with E-state index in [2.05, 4.69) is 0 Å². The van der Waals surface area contributed by atoms with Crippen LogP contribution in [-0.4, -0.2) is 29.0 Å². The lowest BCUT2D eigenvalue weighted by molar-refractivity contribution is -0.385. The van der Waals surface area contributed by atoms with Gasteiger partial charge in [-0.1, -0.05) is 17.7 Å². The Morgan fingerprint density at radius 1 is 1.26 bits per heavy atom. The van der Waals surface area contributed by atoms with Gasteiger partial charge in [-0.05, 0) is 24.3 Å². The van der Waals surface area contributed by atoms with E-state index in [4.69, 9.17) is 16.3 Å². The summed E-state index contributed by atoms with van der Waals surface area (Å²) in [5.41, 5.74) is 0.453. The van der Waals surface area contributed by atoms with Gasteiger partial charge in [0.15, 0.2) is 5.75 Å². The second-order valence-electron chi connectivity index (χ2n) is 5.69. The van der Waals surface area contributed by atoms with E-state index in [0.717, 1.165) is 17.0 Å². The zero-order valence-corrected chi connectivity index (χ0v) is 15.0. The van der Waals surface area contributed by atoms with E-state index in [1.807, 2.05) is 0 Å². The number of carbonyl (C=O) groups excluding carboxylic acids is 2. The van der Waals surface area contributed by atoms with Crippen molar-refractivity contribution in [1.82, 2.24) is 0 Å². The lowest BCUT2D eigenvalue weighted by Gasteiger charge is -2.13. The summed E-state index contributed by atoms with van der Waals surface area (Å²) >= 11 is 5.99. The molecule has 2 amide bonds. The third-order valence-corrected chi connectivity index (χ3v) is 4.30. The summed E-state index contributed by atoms with van der Waals surface area (Å²) in [6.07, 6.45) is 0. The van der Waals surface area contributed by atoms with Crippen LogP contribution in [-0.2, 0) is 14.3 Å². The highest BCUT2D eigenvalue weighted by atomic mass is 35.5. The van der Waals surface area contributed by atoms with Crippen LogP contribution < -0.4 is 4.90 Å². The molecular weight excluding hydrogens is 376 g/mol. The normalized spacial score (nSPS) is 14.8. The first-order valence-electron chi connectivity index (χ1n) is 7.67. The summed E-state index contributed by atoms with van der Waals surface area (Å²) in [7, 11) is 1.31. The molecular formula is C18H13ClN2O6. The van der Waals surface area contributed by atoms with E-state index in [9.17, 15) is 24.8 Å². The van der Waals surface area contributed by atoms with E-state index >= 15 is 0 Å². The summed E-state index contributed by atoms with van der Waals surface area (Å²) in [5, 5.41) is 21.1. The van der Waals surface area contributed by atoms with E-state index in [0.29, 0.717) is 16.3 Å². The third-order valence-electron chi connectivity index (χ3n) is 4.07. The molecule has 0 aliphatic carbocycles. The lowest BCUT2D eigenvalue weighted by atomic mass is 10.0. The van der Waals surface area contributed by atoms with Gasteiger partial charge in [-0.25, -0.2) is 4.90 Å². The molecule has 0 aromatic heterocycles. The number of aromatic hydroxyl groups is 1. The van der Waals surface area contributed by atoms with Crippen molar-refractivity contribution in [3.8, 4) is 5.75 Å². The molecule has 1 aliphatic heterocycles. The summed E-state index contributed by atoms with van der Waals surface area (Å²) in [6.45, 7) is 1.24. The van der Waals surface area contributed by atoms with Crippen molar-refractivity contribution in [3.63, 3.8) is 0 Å². The topological polar surface area (TPSA) is 110 Å². The Morgan fingerprint density at radius 3 is 2.56 bits per heavy atom. The molecule has 0 spiro atoms. The fourth-order valence-corrected chi connectivity index (χ4v) is 3.11. The molecule has 9 heteroatoms. The molecule has 0 atom stereocenters. The number of ether oxygens (including phenoxy) is 1. The first kappa shape index (κ1) is 18.4. The van der Waals surface area contributed by atoms with Crippen LogP contribution in [0.3, 0.4) is 0 Å². The molecule has 0 saturated carbocycles. The summed E-state index contributed by atoms with van der Waals surface area (Å²) in [5.74, 6) is -1.62. The molecule has 1 heterocycles. The van der Waals surface area contributed by atoms with Crippen molar-refractivity contribution in [2.45, 2.75) is 6.92 Å². The Hall–Kier alpha value is -3.39. The molecule has 2 aromatic rings. The van der Waals surface area contributed by atoms with Gasteiger partial charge in [-0.3, -0.25) is 19.7 Å². The van der Waals surface area contributed by atoms with Crippen LogP contribution in [0.1, 0.15) is 18.1 Å². The third kappa shape index (κ3) is 3.00. The SMILES string of the molecule is CO/C(=C1/C(=O)N(C(C)=O)c2cc(Cl)ccc21)c1ccc(O)c([N+](=O)[O-])c1. The number of nitro groups is 1. The molecule has 138 valence electrons. The van der Waals surface area contributed by atoms with E-state index in [1.165, 1.54) is 26.2 Å². The van der Waals surface area contributed by atoms with Gasteiger partial charge in [-0.2, -0.15) is 0 Å². The number of phenolic OH excluding ortho intramolecular Hbond substituents is 1. The molecule has 0 bridgehead atoms. The first-order valence-corrected chi connectivity index (χ1v) is 8.05. The molecule has 0 unspecified atom stereocenters. The number of benzene rings is 2. The summed E-state index contributed by atoms with van der Waals surface area (Å²) in [4.78, 5) is 36.2. The number of phenols is 1. The van der Waals surface area contributed by atoms with Crippen molar-refractivity contribution in [3.05, 3.63) is 62.7 Å². The number of rotatable bonds is 3. The molecule has 1 aliphatic rings. The van der Waals surface area contributed by atoms with Gasteiger partial charge in [0.25, 0.3) is 5.91 Å². The quantitative estimate of drug-likeness (QED) is 0.373. The number of methoxy groups -OCH3 is 1. The average Bonchev–Trinajstić information content (AvgIpc) is 2.88. The van der Waals surface area contributed by atoms with Gasteiger partial charge in [0.2, 0.25) is 5.91 Å². The maximum Gasteiger partial charge on any atom is 0.311 e. The fourth-order valence-electron chi connectivity index (χ4n) is 2.94. The van der Waals surface area contributed by atoms with Crippen LogP contribution in [0.2, 0.25) is 5.02 Å². The Morgan fingerprint density at radius 2 is 1.96 bits per heavy atom. The zero-order chi connectivity index (χ0) is 19.9. The van der Waals surface area contributed by atoms with Crippen LogP contribution in [0.15, 0.2) is 36.4 Å². The first-order chi connectivity index (χ1) is 12.8. The highest BCUT2D eigenvalue weighted by Gasteiger charge is 2.38. The molecule has 27 heavy (non-hydrogen) atoms. The van der Waals surface area contributed by atoms with Gasteiger partial charge in [0, 0.05) is 29.1 Å². The monoisotopic (exact) mass is 388 g/mol. The van der Waals surface area contributed by atoms with Gasteiger partial charge < -0.3 is 9.84 Å². The number of halogens is 1. The number of nitro benzene ring substituents is 1. The lowest BCUT2D eigenvalue weighted by Crippen LogP contribution is -2.31. The number of nitrogens with zero attached hydrogens (tertiary/aromatic N) is 2. The van der Waals surface area contributed by atoms with Crippen molar-refractivity contribution in [1.29, 1.82) is 0 Å². The molecule has 2 aromatic carbocycles. The number of carbonyl (C=O) groups is 2. The highest BCUT2D eigenvalue weighted by molar-refractivity contribution is 6.43. The Balaban J connectivity index is 2.30. The number of hydrogen-bond donors (Lipinski definition) is 1. The Kier molecular flexibility index (Phi) is 4.59. The van der Waals surface area contributed by atoms with Crippen molar-refractivity contribution >= 4 is 46.1 Å². The molecule has 0 fully saturated rings. The van der Waals surface area contributed by atoms with Gasteiger partial charge >= 0.3 is 5.69 Å². The fraction of sp³-hybridized carbons (Fsp3) is 0.111. The summed E-state index contributed by atoms with van der Waals surface area (Å²) < 4.78 is 5.36. The maximum absolute atomic E-state index is 12.9. The minimum absolute atomic E-state index is 0.0374. The van der Waals surface area contributed by atoms with Crippen LogP contribution >= 0.6 is 11.6 Å². The standard InChI is InChI=1S/C18H13ClN2O6/c1-9(22)20-13-8-11(19)4-5-12(13)16(18(20)24)17(27-2)10-3-6-15(23)14(7-10)21(25)26/h3-8,23H,1-2H3/b17-16+. The zero-order valence-electron chi connectivity index (χ0n) is 14.2. The molecule has 8 nitrogen and oxygen atoms in total. The predicted molar refractivity (Wildman–Crippen MR) is 98.2 cm³/mol. The maximum atomic E-state index is 12.9. The minimum atomic E-state index is -0.747. The Labute approximate surface area is 158 Å². The van der Waals surface area contributed by atoms with Crippen LogP contribution in [0.4, 0.5) is 11.4 Å². The Bertz CT molecular complexity index is 1030. The predicted octanol–water partition coefficient (Wildman–Crippen LogP) is 3.36. The number of fused-ring (bicyclic) bond motifs is 1. The van der Waals surface area contributed by atoms with Crippen LogP contribution in [0.5, 0.6) is 5.75 Å². The second-order valence-corrected chi connectivity index (χ2v) is 6.13. The smallest absolute Gasteiger partial charge is 0.311 e. The highest BCUT2D eigenvalue weighted by Crippen LogP contribution is 2.43. The summed E-state index contributed by atoms with van der Waals surface area (Å²) in [6, 6.07) is 8.23. The molecule has 0 radical (unpaired) electrons. The number of hydrogen-bond acceptors (Lipinski definition) is 6. The van der Waals surface area contributed by atoms with Crippen LogP contribution in [0, 0.1) is 10.1 Å². The van der Waals surface area contributed by atoms with E-state index < -0.39 is 28.2 Å². The van der Waals surface area contributed by atoms with Crippen molar-refractivity contribution in [2.75, 3.05) is 12.0 Å². The number of amides is 2. The molecule has 1 N–H and O–H groups in total. The van der Waals surface area contributed by atoms with Gasteiger partial charge in [0.1, 0.15) is 5.76 Å². The second kappa shape index (κ2) is 6.73. The number of imide groups is 1. The molecule has 0 saturated heterocycles. The average molecular weight is 389 g/mol. The molecule has 3 rings (SSSR count). The van der Waals surface area contributed by atoms with Gasteiger partial charge in [0.05, 0.1) is 23.3 Å². The van der Waals surface area contributed by atoms with Crippen molar-refractivity contribution in [2.24, 2.45) is 0 Å². The minimum Gasteiger partial charge on any atom is -0.502 e. The van der Waals surface area contributed by atoms with Gasteiger partial charge in [-0.15, -0.1) is 0 Å². The van der Waals surface area contributed by atoms with Crippen LogP contribution in [0.25, 0.3) is 11.3 Å². The largest absolute Gasteiger partial charge is 0.502 e. The van der Waals surface area contributed by atoms with E-state index in [-0.39, 0.29) is 16.9 Å².